The molecule has 0 saturated heterocycles. The van der Waals surface area contributed by atoms with E-state index in [1.807, 2.05) is 32.0 Å². The van der Waals surface area contributed by atoms with E-state index in [0.29, 0.717) is 13.0 Å². The van der Waals surface area contributed by atoms with Crippen molar-refractivity contribution in [2.24, 2.45) is 11.8 Å². The maximum atomic E-state index is 12.4. The predicted octanol–water partition coefficient (Wildman–Crippen LogP) is 2.46. The molecule has 5 heteroatoms. The quantitative estimate of drug-likeness (QED) is 0.806. The molecule has 0 spiro atoms. The van der Waals surface area contributed by atoms with Gasteiger partial charge in [-0.25, -0.2) is 0 Å². The van der Waals surface area contributed by atoms with Crippen LogP contribution in [-0.4, -0.2) is 29.4 Å². The molecule has 0 radical (unpaired) electrons. The second-order valence-corrected chi connectivity index (χ2v) is 6.93. The average Bonchev–Trinajstić information content (AvgIpc) is 2.60. The van der Waals surface area contributed by atoms with E-state index in [1.165, 1.54) is 6.42 Å². The van der Waals surface area contributed by atoms with Gasteiger partial charge in [0.15, 0.2) is 0 Å². The van der Waals surface area contributed by atoms with E-state index in [-0.39, 0.29) is 23.7 Å². The van der Waals surface area contributed by atoms with E-state index in [0.717, 1.165) is 31.4 Å². The van der Waals surface area contributed by atoms with Crippen LogP contribution >= 0.6 is 0 Å². The van der Waals surface area contributed by atoms with Crippen LogP contribution in [-0.2, 0) is 16.0 Å². The molecule has 1 atom stereocenters. The number of carbonyl (C=O) groups excluding carboxylic acids is 2. The molecule has 2 amide bonds. The van der Waals surface area contributed by atoms with Gasteiger partial charge in [0, 0.05) is 30.8 Å². The second-order valence-electron chi connectivity index (χ2n) is 6.93. The second kappa shape index (κ2) is 9.40. The lowest BCUT2D eigenvalue weighted by atomic mass is 9.88. The van der Waals surface area contributed by atoms with Gasteiger partial charge in [0.1, 0.15) is 6.04 Å². The first-order valence-corrected chi connectivity index (χ1v) is 9.06. The van der Waals surface area contributed by atoms with E-state index in [9.17, 15) is 9.59 Å². The maximum absolute atomic E-state index is 12.4. The van der Waals surface area contributed by atoms with Crippen molar-refractivity contribution >= 4 is 11.8 Å². The van der Waals surface area contributed by atoms with Gasteiger partial charge in [-0.1, -0.05) is 39.2 Å². The Labute approximate surface area is 144 Å². The van der Waals surface area contributed by atoms with Gasteiger partial charge in [-0.3, -0.25) is 14.6 Å². The van der Waals surface area contributed by atoms with Crippen molar-refractivity contribution in [3.05, 3.63) is 30.1 Å². The Morgan fingerprint density at radius 3 is 2.58 bits per heavy atom. The first-order valence-electron chi connectivity index (χ1n) is 9.06. The lowest BCUT2D eigenvalue weighted by molar-refractivity contribution is -0.132. The van der Waals surface area contributed by atoms with Crippen LogP contribution in [0.5, 0.6) is 0 Å². The van der Waals surface area contributed by atoms with E-state index in [1.54, 1.807) is 6.20 Å². The molecular formula is C19H29N3O2. The number of rotatable bonds is 7. The molecule has 1 aliphatic carbocycles. The molecule has 5 nitrogen and oxygen atoms in total. The molecule has 0 aliphatic heterocycles. The number of pyridine rings is 1. The van der Waals surface area contributed by atoms with Crippen molar-refractivity contribution in [2.45, 2.75) is 58.4 Å². The first kappa shape index (κ1) is 18.4. The molecule has 1 aromatic rings. The molecule has 1 saturated carbocycles. The van der Waals surface area contributed by atoms with E-state index in [4.69, 9.17) is 0 Å². The van der Waals surface area contributed by atoms with E-state index in [2.05, 4.69) is 15.6 Å². The third kappa shape index (κ3) is 5.62. The summed E-state index contributed by atoms with van der Waals surface area (Å²) in [4.78, 5) is 29.1. The highest BCUT2D eigenvalue weighted by Crippen LogP contribution is 2.24. The van der Waals surface area contributed by atoms with Crippen molar-refractivity contribution in [3.63, 3.8) is 0 Å². The van der Waals surface area contributed by atoms with Crippen molar-refractivity contribution in [2.75, 3.05) is 6.54 Å². The molecule has 1 unspecified atom stereocenters. The molecule has 1 aromatic heterocycles. The molecule has 0 aromatic carbocycles. The summed E-state index contributed by atoms with van der Waals surface area (Å²) in [5.74, 6) is 0.0621. The summed E-state index contributed by atoms with van der Waals surface area (Å²) in [5, 5.41) is 5.90. The van der Waals surface area contributed by atoms with Gasteiger partial charge < -0.3 is 10.6 Å². The normalized spacial score (nSPS) is 16.6. The van der Waals surface area contributed by atoms with Crippen molar-refractivity contribution in [1.29, 1.82) is 0 Å². The van der Waals surface area contributed by atoms with Gasteiger partial charge >= 0.3 is 0 Å². The number of carbonyl (C=O) groups is 2. The molecule has 1 heterocycles. The highest BCUT2D eigenvalue weighted by molar-refractivity contribution is 5.88. The van der Waals surface area contributed by atoms with Crippen LogP contribution in [0.3, 0.4) is 0 Å². The minimum Gasteiger partial charge on any atom is -0.354 e. The fourth-order valence-corrected chi connectivity index (χ4v) is 3.14. The summed E-state index contributed by atoms with van der Waals surface area (Å²) in [7, 11) is 0. The summed E-state index contributed by atoms with van der Waals surface area (Å²) in [6, 6.07) is 5.28. The van der Waals surface area contributed by atoms with Crippen LogP contribution < -0.4 is 10.6 Å². The Hall–Kier alpha value is -1.91. The van der Waals surface area contributed by atoms with Crippen molar-refractivity contribution in [3.8, 4) is 0 Å². The van der Waals surface area contributed by atoms with Gasteiger partial charge in [-0.05, 0) is 30.9 Å². The van der Waals surface area contributed by atoms with Crippen LogP contribution in [0.4, 0.5) is 0 Å². The molecule has 1 fully saturated rings. The minimum absolute atomic E-state index is 0.0354. The topological polar surface area (TPSA) is 71.1 Å². The summed E-state index contributed by atoms with van der Waals surface area (Å²) in [6.45, 7) is 4.45. The number of hydrogen-bond donors (Lipinski definition) is 2. The van der Waals surface area contributed by atoms with Crippen molar-refractivity contribution in [1.82, 2.24) is 15.6 Å². The number of amides is 2. The largest absolute Gasteiger partial charge is 0.354 e. The van der Waals surface area contributed by atoms with E-state index < -0.39 is 6.04 Å². The maximum Gasteiger partial charge on any atom is 0.242 e. The van der Waals surface area contributed by atoms with Crippen LogP contribution in [0.15, 0.2) is 24.4 Å². The van der Waals surface area contributed by atoms with Gasteiger partial charge in [0.25, 0.3) is 0 Å². The fraction of sp³-hybridized carbons (Fsp3) is 0.632. The lowest BCUT2D eigenvalue weighted by Crippen LogP contribution is -2.51. The molecule has 1 aliphatic rings. The Morgan fingerprint density at radius 1 is 1.21 bits per heavy atom. The van der Waals surface area contributed by atoms with Gasteiger partial charge in [-0.2, -0.15) is 0 Å². The molecular weight excluding hydrogens is 302 g/mol. The van der Waals surface area contributed by atoms with E-state index >= 15 is 0 Å². The summed E-state index contributed by atoms with van der Waals surface area (Å²) < 4.78 is 0. The summed E-state index contributed by atoms with van der Waals surface area (Å²) >= 11 is 0. The lowest BCUT2D eigenvalue weighted by Gasteiger charge is -2.26. The van der Waals surface area contributed by atoms with Crippen LogP contribution in [0.25, 0.3) is 0 Å². The molecule has 24 heavy (non-hydrogen) atoms. The summed E-state index contributed by atoms with van der Waals surface area (Å²) in [5.41, 5.74) is 0.949. The molecule has 2 N–H and O–H groups in total. The fourth-order valence-electron chi connectivity index (χ4n) is 3.14. The van der Waals surface area contributed by atoms with Gasteiger partial charge in [-0.15, -0.1) is 0 Å². The Morgan fingerprint density at radius 2 is 1.96 bits per heavy atom. The monoisotopic (exact) mass is 331 g/mol. The van der Waals surface area contributed by atoms with Gasteiger partial charge in [0.05, 0.1) is 0 Å². The summed E-state index contributed by atoms with van der Waals surface area (Å²) in [6.07, 6.45) is 7.76. The average molecular weight is 331 g/mol. The van der Waals surface area contributed by atoms with Crippen molar-refractivity contribution < 1.29 is 9.59 Å². The van der Waals surface area contributed by atoms with Crippen LogP contribution in [0.2, 0.25) is 0 Å². The molecule has 2 rings (SSSR count). The third-order valence-corrected chi connectivity index (χ3v) is 4.63. The smallest absolute Gasteiger partial charge is 0.242 e. The van der Waals surface area contributed by atoms with Crippen LogP contribution in [0, 0.1) is 11.8 Å². The highest BCUT2D eigenvalue weighted by atomic mass is 16.2. The number of hydrogen-bond acceptors (Lipinski definition) is 3. The number of nitrogens with zero attached hydrogens (tertiary/aromatic N) is 1. The standard InChI is InChI=1S/C19H29N3O2/c1-14(2)17(22-18(23)15-8-4-3-5-9-15)19(24)21-13-11-16-10-6-7-12-20-16/h6-7,10,12,14-15,17H,3-5,8-9,11,13H2,1-2H3,(H,21,24)(H,22,23). The minimum atomic E-state index is -0.469. The zero-order valence-electron chi connectivity index (χ0n) is 14.8. The zero-order chi connectivity index (χ0) is 17.4. The number of nitrogens with one attached hydrogen (secondary N) is 2. The Kier molecular flexibility index (Phi) is 7.22. The first-order chi connectivity index (χ1) is 11.6. The molecule has 0 bridgehead atoms. The SMILES string of the molecule is CC(C)C(NC(=O)C1CCCCC1)C(=O)NCCc1ccccn1. The van der Waals surface area contributed by atoms with Gasteiger partial charge in [0.2, 0.25) is 11.8 Å². The zero-order valence-corrected chi connectivity index (χ0v) is 14.8. The molecule has 132 valence electrons. The van der Waals surface area contributed by atoms with Crippen LogP contribution in [0.1, 0.15) is 51.6 Å². The third-order valence-electron chi connectivity index (χ3n) is 4.63. The Balaban J connectivity index is 1.82. The predicted molar refractivity (Wildman–Crippen MR) is 94.3 cm³/mol. The Bertz CT molecular complexity index is 525. The highest BCUT2D eigenvalue weighted by Gasteiger charge is 2.28. The number of aromatic nitrogens is 1.